The molecule has 0 bridgehead atoms. The topological polar surface area (TPSA) is 48.0 Å². The summed E-state index contributed by atoms with van der Waals surface area (Å²) >= 11 is 0. The third-order valence-electron chi connectivity index (χ3n) is 4.45. The Hall–Kier alpha value is -2.95. The third-order valence-corrected chi connectivity index (χ3v) is 4.45. The Labute approximate surface area is 147 Å². The van der Waals surface area contributed by atoms with E-state index in [1.165, 1.54) is 5.69 Å². The van der Waals surface area contributed by atoms with E-state index >= 15 is 0 Å². The minimum atomic E-state index is 0.351. The fraction of sp³-hybridized carbons (Fsp3) is 0.250. The lowest BCUT2D eigenvalue weighted by molar-refractivity contribution is 0.671. The number of pyridine rings is 2. The molecule has 0 amide bonds. The molecular weight excluding hydrogens is 310 g/mol. The van der Waals surface area contributed by atoms with E-state index < -0.39 is 0 Å². The van der Waals surface area contributed by atoms with Crippen LogP contribution >= 0.6 is 0 Å². The summed E-state index contributed by atoms with van der Waals surface area (Å²) in [6, 6.07) is 10.2. The van der Waals surface area contributed by atoms with Crippen LogP contribution in [0.1, 0.15) is 31.2 Å². The number of fused-ring (bicyclic) bond motifs is 1. The lowest BCUT2D eigenvalue weighted by atomic mass is 9.97. The second-order valence-electron chi connectivity index (χ2n) is 6.66. The first kappa shape index (κ1) is 15.6. The summed E-state index contributed by atoms with van der Waals surface area (Å²) in [5, 5.41) is 4.82. The lowest BCUT2D eigenvalue weighted by Crippen LogP contribution is -2.01. The number of hydrogen-bond acceptors (Lipinski definition) is 3. The molecule has 5 heteroatoms. The Kier molecular flexibility index (Phi) is 3.64. The Morgan fingerprint density at radius 2 is 1.92 bits per heavy atom. The van der Waals surface area contributed by atoms with Gasteiger partial charge in [-0.05, 0) is 37.1 Å². The summed E-state index contributed by atoms with van der Waals surface area (Å²) in [6.07, 6.45) is 5.90. The van der Waals surface area contributed by atoms with Gasteiger partial charge >= 0.3 is 0 Å². The molecule has 0 aliphatic heterocycles. The summed E-state index contributed by atoms with van der Waals surface area (Å²) in [7, 11) is 2.01. The molecule has 25 heavy (non-hydrogen) atoms. The molecule has 4 rings (SSSR count). The van der Waals surface area contributed by atoms with Crippen molar-refractivity contribution in [2.45, 2.75) is 26.7 Å². The molecule has 0 fully saturated rings. The molecule has 0 unspecified atom stereocenters. The highest BCUT2D eigenvalue weighted by molar-refractivity contribution is 5.82. The molecule has 5 nitrogen and oxygen atoms in total. The molecule has 0 atom stereocenters. The van der Waals surface area contributed by atoms with E-state index in [4.69, 9.17) is 10.1 Å². The molecule has 0 spiro atoms. The quantitative estimate of drug-likeness (QED) is 0.564. The van der Waals surface area contributed by atoms with Gasteiger partial charge in [-0.3, -0.25) is 9.67 Å². The van der Waals surface area contributed by atoms with E-state index in [2.05, 4.69) is 31.1 Å². The van der Waals surface area contributed by atoms with Crippen LogP contribution in [0.25, 0.3) is 28.2 Å². The average molecular weight is 331 g/mol. The van der Waals surface area contributed by atoms with Crippen LogP contribution in [0.15, 0.2) is 48.9 Å². The van der Waals surface area contributed by atoms with Crippen LogP contribution in [0.3, 0.4) is 0 Å². The summed E-state index contributed by atoms with van der Waals surface area (Å²) in [6.45, 7) is 6.40. The summed E-state index contributed by atoms with van der Waals surface area (Å²) in [4.78, 5) is 9.04. The molecule has 0 saturated heterocycles. The summed E-state index contributed by atoms with van der Waals surface area (Å²) < 4.78 is 4.03. The summed E-state index contributed by atoms with van der Waals surface area (Å²) in [5.74, 6) is 0.351. The molecule has 0 radical (unpaired) electrons. The first-order chi connectivity index (χ1) is 12.0. The Bertz CT molecular complexity index is 1060. The smallest absolute Gasteiger partial charge is 0.136 e. The van der Waals surface area contributed by atoms with Crippen molar-refractivity contribution in [2.24, 2.45) is 7.05 Å². The van der Waals surface area contributed by atoms with Crippen LogP contribution in [0.4, 0.5) is 0 Å². The number of aryl methyl sites for hydroxylation is 2. The highest BCUT2D eigenvalue weighted by Crippen LogP contribution is 2.37. The van der Waals surface area contributed by atoms with Crippen LogP contribution in [-0.4, -0.2) is 24.1 Å². The van der Waals surface area contributed by atoms with Crippen molar-refractivity contribution in [3.8, 4) is 22.5 Å². The molecular formula is C20H21N5. The van der Waals surface area contributed by atoms with Crippen molar-refractivity contribution in [2.75, 3.05) is 0 Å². The molecule has 0 aliphatic carbocycles. The molecule has 126 valence electrons. The van der Waals surface area contributed by atoms with Gasteiger partial charge in [0.25, 0.3) is 0 Å². The van der Waals surface area contributed by atoms with E-state index in [0.717, 1.165) is 33.9 Å². The maximum absolute atomic E-state index is 4.82. The largest absolute Gasteiger partial charge is 0.306 e. The van der Waals surface area contributed by atoms with Crippen molar-refractivity contribution in [1.29, 1.82) is 0 Å². The van der Waals surface area contributed by atoms with E-state index in [1.54, 1.807) is 0 Å². The fourth-order valence-electron chi connectivity index (χ4n) is 3.41. The molecule has 4 aromatic rings. The predicted octanol–water partition coefficient (Wildman–Crippen LogP) is 4.23. The number of rotatable bonds is 3. The maximum atomic E-state index is 4.82. The van der Waals surface area contributed by atoms with Gasteiger partial charge in [0, 0.05) is 48.2 Å². The molecule has 0 aromatic carbocycles. The van der Waals surface area contributed by atoms with Gasteiger partial charge in [0.2, 0.25) is 0 Å². The monoisotopic (exact) mass is 331 g/mol. The molecule has 0 N–H and O–H groups in total. The van der Waals surface area contributed by atoms with Gasteiger partial charge in [-0.15, -0.1) is 0 Å². The SMILES string of the molecule is Cc1cccc(-c2nn(C)c(C(C)C)c2-c2ccc3nccn3c2)n1. The van der Waals surface area contributed by atoms with Crippen molar-refractivity contribution in [3.05, 3.63) is 60.3 Å². The second kappa shape index (κ2) is 5.84. The van der Waals surface area contributed by atoms with E-state index in [1.807, 2.05) is 59.7 Å². The highest BCUT2D eigenvalue weighted by Gasteiger charge is 2.22. The Balaban J connectivity index is 2.01. The Morgan fingerprint density at radius 3 is 2.68 bits per heavy atom. The van der Waals surface area contributed by atoms with E-state index in [-0.39, 0.29) is 0 Å². The van der Waals surface area contributed by atoms with Gasteiger partial charge in [0.05, 0.1) is 5.69 Å². The number of aromatic nitrogens is 5. The van der Waals surface area contributed by atoms with Crippen molar-refractivity contribution in [3.63, 3.8) is 0 Å². The summed E-state index contributed by atoms with van der Waals surface area (Å²) in [5.41, 5.74) is 7.24. The van der Waals surface area contributed by atoms with Crippen molar-refractivity contribution in [1.82, 2.24) is 24.1 Å². The minimum absolute atomic E-state index is 0.351. The lowest BCUT2D eigenvalue weighted by Gasteiger charge is -2.11. The van der Waals surface area contributed by atoms with Crippen LogP contribution in [0.2, 0.25) is 0 Å². The fourth-order valence-corrected chi connectivity index (χ4v) is 3.41. The molecule has 4 aromatic heterocycles. The first-order valence-corrected chi connectivity index (χ1v) is 8.48. The maximum Gasteiger partial charge on any atom is 0.136 e. The van der Waals surface area contributed by atoms with Crippen LogP contribution in [0, 0.1) is 6.92 Å². The third kappa shape index (κ3) is 2.61. The molecule has 0 aliphatic rings. The van der Waals surface area contributed by atoms with Crippen LogP contribution in [-0.2, 0) is 7.05 Å². The van der Waals surface area contributed by atoms with Crippen molar-refractivity contribution >= 4 is 5.65 Å². The van der Waals surface area contributed by atoms with Gasteiger partial charge < -0.3 is 4.40 Å². The van der Waals surface area contributed by atoms with Crippen LogP contribution < -0.4 is 0 Å². The number of nitrogens with zero attached hydrogens (tertiary/aromatic N) is 5. The zero-order chi connectivity index (χ0) is 17.6. The van der Waals surface area contributed by atoms with Gasteiger partial charge in [0.15, 0.2) is 0 Å². The second-order valence-corrected chi connectivity index (χ2v) is 6.66. The van der Waals surface area contributed by atoms with Gasteiger partial charge in [-0.2, -0.15) is 5.10 Å². The Morgan fingerprint density at radius 1 is 1.08 bits per heavy atom. The van der Waals surface area contributed by atoms with Crippen molar-refractivity contribution < 1.29 is 0 Å². The number of imidazole rings is 1. The van der Waals surface area contributed by atoms with E-state index in [9.17, 15) is 0 Å². The molecule has 0 saturated carbocycles. The number of hydrogen-bond donors (Lipinski definition) is 0. The van der Waals surface area contributed by atoms with Gasteiger partial charge in [-0.1, -0.05) is 19.9 Å². The average Bonchev–Trinajstić information content (AvgIpc) is 3.17. The van der Waals surface area contributed by atoms with Gasteiger partial charge in [-0.25, -0.2) is 4.98 Å². The molecule has 4 heterocycles. The van der Waals surface area contributed by atoms with E-state index in [0.29, 0.717) is 5.92 Å². The van der Waals surface area contributed by atoms with Gasteiger partial charge in [0.1, 0.15) is 11.3 Å². The minimum Gasteiger partial charge on any atom is -0.306 e. The normalized spacial score (nSPS) is 11.6. The predicted molar refractivity (Wildman–Crippen MR) is 99.5 cm³/mol. The highest BCUT2D eigenvalue weighted by atomic mass is 15.3. The zero-order valence-electron chi connectivity index (χ0n) is 14.9. The zero-order valence-corrected chi connectivity index (χ0v) is 14.9. The van der Waals surface area contributed by atoms with Crippen LogP contribution in [0.5, 0.6) is 0 Å². The first-order valence-electron chi connectivity index (χ1n) is 8.48. The standard InChI is InChI=1S/C20H21N5/c1-13(2)20-18(15-8-9-17-21-10-11-25(17)12-15)19(23-24(20)4)16-7-5-6-14(3)22-16/h5-13H,1-4H3.